The molecule has 2 unspecified atom stereocenters. The minimum Gasteiger partial charge on any atom is -0.481 e. The van der Waals surface area contributed by atoms with Crippen molar-refractivity contribution in [3.8, 4) is 5.75 Å². The van der Waals surface area contributed by atoms with Gasteiger partial charge in [-0.1, -0.05) is 22.0 Å². The van der Waals surface area contributed by atoms with Crippen molar-refractivity contribution in [2.45, 2.75) is 38.3 Å². The molecule has 2 atom stereocenters. The van der Waals surface area contributed by atoms with Crippen LogP contribution in [0.25, 0.3) is 0 Å². The molecule has 0 aromatic heterocycles. The van der Waals surface area contributed by atoms with Crippen molar-refractivity contribution in [2.75, 3.05) is 13.1 Å². The van der Waals surface area contributed by atoms with Crippen LogP contribution in [0.15, 0.2) is 28.7 Å². The Morgan fingerprint density at radius 3 is 2.95 bits per heavy atom. The van der Waals surface area contributed by atoms with E-state index in [9.17, 15) is 4.79 Å². The zero-order chi connectivity index (χ0) is 14.5. The average molecular weight is 378 g/mol. The van der Waals surface area contributed by atoms with Crippen LogP contribution in [0.4, 0.5) is 0 Å². The first-order chi connectivity index (χ1) is 9.61. The van der Waals surface area contributed by atoms with Crippen molar-refractivity contribution in [3.63, 3.8) is 0 Å². The fourth-order valence-corrected chi connectivity index (χ4v) is 2.94. The summed E-state index contributed by atoms with van der Waals surface area (Å²) in [5.74, 6) is 0.724. The first-order valence-corrected chi connectivity index (χ1v) is 7.84. The summed E-state index contributed by atoms with van der Waals surface area (Å²) in [5, 5.41) is 0. The Morgan fingerprint density at radius 1 is 1.52 bits per heavy atom. The van der Waals surface area contributed by atoms with Gasteiger partial charge in [0.25, 0.3) is 5.91 Å². The Hall–Kier alpha value is -0.780. The molecule has 0 saturated carbocycles. The molecule has 2 rings (SSSR count). The van der Waals surface area contributed by atoms with Gasteiger partial charge in [0.1, 0.15) is 5.75 Å². The number of hydrogen-bond acceptors (Lipinski definition) is 3. The molecule has 0 bridgehead atoms. The van der Waals surface area contributed by atoms with Crippen molar-refractivity contribution in [2.24, 2.45) is 5.73 Å². The van der Waals surface area contributed by atoms with E-state index in [4.69, 9.17) is 10.5 Å². The zero-order valence-corrected chi connectivity index (χ0v) is 14.5. The molecule has 2 N–H and O–H groups in total. The molecule has 1 aliphatic rings. The third-order valence-corrected chi connectivity index (χ3v) is 4.13. The summed E-state index contributed by atoms with van der Waals surface area (Å²) in [4.78, 5) is 14.4. The zero-order valence-electron chi connectivity index (χ0n) is 12.1. The first-order valence-electron chi connectivity index (χ1n) is 7.04. The van der Waals surface area contributed by atoms with Gasteiger partial charge in [0.2, 0.25) is 0 Å². The van der Waals surface area contributed by atoms with Crippen LogP contribution in [0.2, 0.25) is 0 Å². The summed E-state index contributed by atoms with van der Waals surface area (Å²) in [6.45, 7) is 3.10. The molecule has 118 valence electrons. The summed E-state index contributed by atoms with van der Waals surface area (Å²) >= 11 is 3.39. The lowest BCUT2D eigenvalue weighted by Crippen LogP contribution is -2.51. The molecule has 0 aliphatic carbocycles. The van der Waals surface area contributed by atoms with E-state index in [2.05, 4.69) is 15.9 Å². The second kappa shape index (κ2) is 8.61. The number of nitrogens with zero attached hydrogens (tertiary/aromatic N) is 1. The van der Waals surface area contributed by atoms with Crippen LogP contribution < -0.4 is 10.5 Å². The molecule has 1 fully saturated rings. The van der Waals surface area contributed by atoms with Gasteiger partial charge in [-0.25, -0.2) is 0 Å². The van der Waals surface area contributed by atoms with Gasteiger partial charge in [0.15, 0.2) is 6.10 Å². The molecule has 0 radical (unpaired) electrons. The Bertz CT molecular complexity index is 473. The van der Waals surface area contributed by atoms with Crippen molar-refractivity contribution in [1.29, 1.82) is 0 Å². The lowest BCUT2D eigenvalue weighted by Gasteiger charge is -2.36. The first kappa shape index (κ1) is 18.3. The highest BCUT2D eigenvalue weighted by Crippen LogP contribution is 2.21. The number of likely N-dealkylation sites (tertiary alicyclic amines) is 1. The van der Waals surface area contributed by atoms with Crippen molar-refractivity contribution < 1.29 is 9.53 Å². The van der Waals surface area contributed by atoms with Crippen molar-refractivity contribution in [3.05, 3.63) is 28.7 Å². The van der Waals surface area contributed by atoms with Gasteiger partial charge in [0, 0.05) is 23.6 Å². The van der Waals surface area contributed by atoms with E-state index in [1.54, 1.807) is 6.92 Å². The molecule has 6 heteroatoms. The smallest absolute Gasteiger partial charge is 0.263 e. The van der Waals surface area contributed by atoms with Gasteiger partial charge in [-0.2, -0.15) is 0 Å². The fourth-order valence-electron chi connectivity index (χ4n) is 2.56. The van der Waals surface area contributed by atoms with Crippen molar-refractivity contribution >= 4 is 34.2 Å². The Kier molecular flexibility index (Phi) is 7.49. The Morgan fingerprint density at radius 2 is 2.29 bits per heavy atom. The maximum Gasteiger partial charge on any atom is 0.263 e. The van der Waals surface area contributed by atoms with Gasteiger partial charge in [-0.3, -0.25) is 4.79 Å². The Balaban J connectivity index is 0.00000220. The van der Waals surface area contributed by atoms with Crippen molar-refractivity contribution in [1.82, 2.24) is 4.90 Å². The molecule has 1 aliphatic heterocycles. The van der Waals surface area contributed by atoms with Crippen LogP contribution in [0.1, 0.15) is 26.2 Å². The number of hydrogen-bond donors (Lipinski definition) is 1. The second-order valence-corrected chi connectivity index (χ2v) is 6.05. The van der Waals surface area contributed by atoms with Gasteiger partial charge < -0.3 is 15.4 Å². The fraction of sp³-hybridized carbons (Fsp3) is 0.533. The van der Waals surface area contributed by atoms with Gasteiger partial charge in [0.05, 0.1) is 0 Å². The van der Waals surface area contributed by atoms with Gasteiger partial charge in [-0.15, -0.1) is 12.4 Å². The van der Waals surface area contributed by atoms with E-state index in [0.717, 1.165) is 30.3 Å². The van der Waals surface area contributed by atoms with Crippen LogP contribution in [-0.2, 0) is 4.79 Å². The summed E-state index contributed by atoms with van der Waals surface area (Å²) in [7, 11) is 0. The van der Waals surface area contributed by atoms with E-state index in [1.165, 1.54) is 0 Å². The minimum atomic E-state index is -0.489. The normalized spacial score (nSPS) is 19.6. The standard InChI is InChI=1S/C15H21BrN2O2.ClH/c1-11(20-14-7-4-5-12(16)9-14)15(19)18-8-3-2-6-13(18)10-17;/h4-5,7,9,11,13H,2-3,6,8,10,17H2,1H3;1H. The lowest BCUT2D eigenvalue weighted by atomic mass is 10.0. The predicted molar refractivity (Wildman–Crippen MR) is 89.9 cm³/mol. The van der Waals surface area contributed by atoms with Crippen LogP contribution in [0, 0.1) is 0 Å². The van der Waals surface area contributed by atoms with E-state index < -0.39 is 6.10 Å². The molecule has 4 nitrogen and oxygen atoms in total. The van der Waals surface area contributed by atoms with E-state index >= 15 is 0 Å². The van der Waals surface area contributed by atoms with Gasteiger partial charge >= 0.3 is 0 Å². The largest absolute Gasteiger partial charge is 0.481 e. The number of ether oxygens (including phenoxy) is 1. The Labute approximate surface area is 140 Å². The van der Waals surface area contributed by atoms with Crippen LogP contribution in [0.5, 0.6) is 5.75 Å². The topological polar surface area (TPSA) is 55.6 Å². The van der Waals surface area contributed by atoms with Crippen LogP contribution in [0.3, 0.4) is 0 Å². The molecular formula is C15H22BrClN2O2. The number of rotatable bonds is 4. The number of piperidine rings is 1. The number of carbonyl (C=O) groups excluding carboxylic acids is 1. The maximum atomic E-state index is 12.5. The SMILES string of the molecule is CC(Oc1cccc(Br)c1)C(=O)N1CCCCC1CN.Cl. The summed E-state index contributed by atoms with van der Waals surface area (Å²) in [6, 6.07) is 7.69. The summed E-state index contributed by atoms with van der Waals surface area (Å²) in [5.41, 5.74) is 5.76. The summed E-state index contributed by atoms with van der Waals surface area (Å²) < 4.78 is 6.68. The van der Waals surface area contributed by atoms with E-state index in [0.29, 0.717) is 12.3 Å². The lowest BCUT2D eigenvalue weighted by molar-refractivity contribution is -0.141. The van der Waals surface area contributed by atoms with Crippen LogP contribution in [-0.4, -0.2) is 36.0 Å². The predicted octanol–water partition coefficient (Wildman–Crippen LogP) is 2.98. The highest BCUT2D eigenvalue weighted by molar-refractivity contribution is 9.10. The molecular weight excluding hydrogens is 356 g/mol. The number of halogens is 2. The number of carbonyl (C=O) groups is 1. The summed E-state index contributed by atoms with van der Waals surface area (Å²) in [6.07, 6.45) is 2.70. The van der Waals surface area contributed by atoms with E-state index in [1.807, 2.05) is 29.2 Å². The maximum absolute atomic E-state index is 12.5. The van der Waals surface area contributed by atoms with Crippen LogP contribution >= 0.6 is 28.3 Å². The number of benzene rings is 1. The van der Waals surface area contributed by atoms with Gasteiger partial charge in [-0.05, 0) is 44.4 Å². The molecule has 1 heterocycles. The minimum absolute atomic E-state index is 0. The highest BCUT2D eigenvalue weighted by atomic mass is 79.9. The van der Waals surface area contributed by atoms with E-state index in [-0.39, 0.29) is 24.4 Å². The molecule has 1 saturated heterocycles. The molecule has 1 amide bonds. The third kappa shape index (κ3) is 4.87. The third-order valence-electron chi connectivity index (χ3n) is 3.64. The molecule has 21 heavy (non-hydrogen) atoms. The number of amides is 1. The number of nitrogens with two attached hydrogens (primary N) is 1. The monoisotopic (exact) mass is 376 g/mol. The molecule has 0 spiro atoms. The average Bonchev–Trinajstić information content (AvgIpc) is 2.46. The second-order valence-electron chi connectivity index (χ2n) is 5.13. The molecule has 1 aromatic rings. The molecule has 1 aromatic carbocycles. The highest BCUT2D eigenvalue weighted by Gasteiger charge is 2.29. The quantitative estimate of drug-likeness (QED) is 0.877.